The largest absolute Gasteiger partial charge is 0.477 e. The maximum atomic E-state index is 11.6. The van der Waals surface area contributed by atoms with Gasteiger partial charge in [-0.1, -0.05) is 0 Å². The number of carboxylic acids is 1. The number of amides is 2. The van der Waals surface area contributed by atoms with Crippen LogP contribution in [0.4, 0.5) is 4.79 Å². The van der Waals surface area contributed by atoms with E-state index in [1.807, 2.05) is 0 Å². The number of nitrogens with zero attached hydrogens (tertiary/aromatic N) is 1. The summed E-state index contributed by atoms with van der Waals surface area (Å²) in [5.41, 5.74) is 10.6. The van der Waals surface area contributed by atoms with Gasteiger partial charge in [-0.2, -0.15) is 0 Å². The molecule has 2 atom stereocenters. The molecule has 8 nitrogen and oxygen atoms in total. The van der Waals surface area contributed by atoms with Gasteiger partial charge in [-0.05, 0) is 0 Å². The number of hydrogen-bond donors (Lipinski definition) is 3. The first kappa shape index (κ1) is 12.7. The van der Waals surface area contributed by atoms with Crippen LogP contribution in [-0.4, -0.2) is 51.8 Å². The normalized spacial score (nSPS) is 26.5. The zero-order valence-corrected chi connectivity index (χ0v) is 9.98. The minimum atomic E-state index is -1.25. The second-order valence-electron chi connectivity index (χ2n) is 3.80. The van der Waals surface area contributed by atoms with Gasteiger partial charge in [0.05, 0.1) is 0 Å². The maximum absolute atomic E-state index is 11.6. The summed E-state index contributed by atoms with van der Waals surface area (Å²) in [5.74, 6) is -1.36. The van der Waals surface area contributed by atoms with Gasteiger partial charge in [0.2, 0.25) is 5.91 Å². The van der Waals surface area contributed by atoms with Crippen LogP contribution < -0.4 is 11.5 Å². The highest BCUT2D eigenvalue weighted by Crippen LogP contribution is 2.39. The Morgan fingerprint density at radius 1 is 1.56 bits per heavy atom. The first-order valence-corrected chi connectivity index (χ1v) is 6.06. The summed E-state index contributed by atoms with van der Waals surface area (Å²) in [4.78, 5) is 34.4. The zero-order chi connectivity index (χ0) is 13.4. The minimum absolute atomic E-state index is 0.160. The molecular formula is C9H11N3O5S. The quantitative estimate of drug-likeness (QED) is 0.541. The van der Waals surface area contributed by atoms with Gasteiger partial charge in [-0.3, -0.25) is 9.69 Å². The highest BCUT2D eigenvalue weighted by atomic mass is 32.2. The van der Waals surface area contributed by atoms with E-state index >= 15 is 0 Å². The van der Waals surface area contributed by atoms with Crippen LogP contribution in [0.5, 0.6) is 0 Å². The van der Waals surface area contributed by atoms with Crippen LogP contribution in [0.1, 0.15) is 0 Å². The second-order valence-corrected chi connectivity index (χ2v) is 4.91. The lowest BCUT2D eigenvalue weighted by molar-refractivity contribution is -0.148. The van der Waals surface area contributed by atoms with Crippen molar-refractivity contribution in [2.24, 2.45) is 11.5 Å². The minimum Gasteiger partial charge on any atom is -0.477 e. The predicted octanol–water partition coefficient (Wildman–Crippen LogP) is -1.34. The standard InChI is InChI=1S/C9H11N3O5S/c10-4-6(13)12-5(8(14)15)3(1-17-9(11)16)2-18-7(4)12/h4,7H,1-2,10H2,(H2,11,16)(H,14,15)/t4?,7-/m1/s1. The number of carbonyl (C=O) groups is 3. The summed E-state index contributed by atoms with van der Waals surface area (Å²) in [5, 5.41) is 8.77. The van der Waals surface area contributed by atoms with E-state index in [0.717, 1.165) is 4.90 Å². The molecule has 0 aliphatic carbocycles. The monoisotopic (exact) mass is 273 g/mol. The van der Waals surface area contributed by atoms with Crippen molar-refractivity contribution >= 4 is 29.7 Å². The van der Waals surface area contributed by atoms with Crippen molar-refractivity contribution in [2.75, 3.05) is 12.4 Å². The maximum Gasteiger partial charge on any atom is 0.404 e. The summed E-state index contributed by atoms with van der Waals surface area (Å²) >= 11 is 1.33. The SMILES string of the molecule is NC(=O)OCC1=C(C(=O)O)N2C(=O)C(N)[C@H]2SC1. The molecule has 1 saturated heterocycles. The lowest BCUT2D eigenvalue weighted by atomic mass is 10.0. The third-order valence-electron chi connectivity index (χ3n) is 2.68. The van der Waals surface area contributed by atoms with E-state index in [0.29, 0.717) is 11.3 Å². The number of primary amides is 1. The molecule has 18 heavy (non-hydrogen) atoms. The Labute approximate surface area is 106 Å². The molecular weight excluding hydrogens is 262 g/mol. The molecule has 0 spiro atoms. The molecule has 5 N–H and O–H groups in total. The van der Waals surface area contributed by atoms with Gasteiger partial charge in [-0.25, -0.2) is 9.59 Å². The molecule has 0 saturated carbocycles. The third kappa shape index (κ3) is 1.91. The van der Waals surface area contributed by atoms with E-state index < -0.39 is 24.0 Å². The number of carbonyl (C=O) groups excluding carboxylic acids is 2. The fourth-order valence-electron chi connectivity index (χ4n) is 1.85. The average molecular weight is 273 g/mol. The summed E-state index contributed by atoms with van der Waals surface area (Å²) < 4.78 is 4.57. The molecule has 98 valence electrons. The van der Waals surface area contributed by atoms with E-state index in [4.69, 9.17) is 16.6 Å². The van der Waals surface area contributed by atoms with E-state index in [1.165, 1.54) is 11.8 Å². The third-order valence-corrected chi connectivity index (χ3v) is 4.04. The number of nitrogens with two attached hydrogens (primary N) is 2. The van der Waals surface area contributed by atoms with Crippen LogP contribution in [-0.2, 0) is 14.3 Å². The molecule has 0 bridgehead atoms. The Morgan fingerprint density at radius 2 is 2.22 bits per heavy atom. The van der Waals surface area contributed by atoms with Crippen LogP contribution in [0.2, 0.25) is 0 Å². The summed E-state index contributed by atoms with van der Waals surface area (Å²) in [6, 6.07) is -0.678. The van der Waals surface area contributed by atoms with E-state index in [2.05, 4.69) is 4.74 Å². The molecule has 2 amide bonds. The molecule has 2 aliphatic heterocycles. The van der Waals surface area contributed by atoms with Crippen molar-refractivity contribution in [1.29, 1.82) is 0 Å². The molecule has 0 radical (unpaired) electrons. The number of thioether (sulfide) groups is 1. The van der Waals surface area contributed by atoms with E-state index in [-0.39, 0.29) is 17.7 Å². The molecule has 2 aliphatic rings. The molecule has 9 heteroatoms. The highest BCUT2D eigenvalue weighted by Gasteiger charge is 2.51. The van der Waals surface area contributed by atoms with Gasteiger partial charge in [0.1, 0.15) is 23.7 Å². The lowest BCUT2D eigenvalue weighted by Gasteiger charge is -2.47. The van der Waals surface area contributed by atoms with Crippen LogP contribution in [0.25, 0.3) is 0 Å². The number of fused-ring (bicyclic) bond motifs is 1. The van der Waals surface area contributed by atoms with Crippen molar-refractivity contribution in [3.63, 3.8) is 0 Å². The van der Waals surface area contributed by atoms with Gasteiger partial charge in [0.15, 0.2) is 0 Å². The molecule has 2 heterocycles. The van der Waals surface area contributed by atoms with Crippen LogP contribution in [0, 0.1) is 0 Å². The van der Waals surface area contributed by atoms with E-state index in [9.17, 15) is 14.4 Å². The fraction of sp³-hybridized carbons (Fsp3) is 0.444. The van der Waals surface area contributed by atoms with Gasteiger partial charge >= 0.3 is 12.1 Å². The van der Waals surface area contributed by atoms with Gasteiger partial charge in [0, 0.05) is 11.3 Å². The number of ether oxygens (including phenoxy) is 1. The predicted molar refractivity (Wildman–Crippen MR) is 61.3 cm³/mol. The number of β-lactam (4-membered cyclic amide) rings is 1. The van der Waals surface area contributed by atoms with E-state index in [1.54, 1.807) is 0 Å². The Morgan fingerprint density at radius 3 is 2.78 bits per heavy atom. The molecule has 1 fully saturated rings. The molecule has 0 aromatic heterocycles. The Balaban J connectivity index is 2.26. The number of aliphatic carboxylic acids is 1. The first-order chi connectivity index (χ1) is 8.43. The number of carboxylic acid groups (broad SMARTS) is 1. The summed E-state index contributed by atoms with van der Waals surface area (Å²) in [6.45, 7) is -0.240. The van der Waals surface area contributed by atoms with Crippen molar-refractivity contribution in [1.82, 2.24) is 4.90 Å². The number of rotatable bonds is 3. The molecule has 0 aromatic carbocycles. The number of hydrogen-bond acceptors (Lipinski definition) is 6. The Kier molecular flexibility index (Phi) is 3.18. The smallest absolute Gasteiger partial charge is 0.404 e. The van der Waals surface area contributed by atoms with Crippen molar-refractivity contribution in [2.45, 2.75) is 11.4 Å². The Bertz CT molecular complexity index is 463. The second kappa shape index (κ2) is 4.50. The van der Waals surface area contributed by atoms with Crippen LogP contribution >= 0.6 is 11.8 Å². The molecule has 2 rings (SSSR count). The fourth-order valence-corrected chi connectivity index (χ4v) is 3.12. The van der Waals surface area contributed by atoms with Gasteiger partial charge in [-0.15, -0.1) is 11.8 Å². The first-order valence-electron chi connectivity index (χ1n) is 5.01. The Hall–Kier alpha value is -1.74. The topological polar surface area (TPSA) is 136 Å². The molecule has 0 aromatic rings. The summed E-state index contributed by atoms with van der Waals surface area (Å²) in [6.07, 6.45) is -0.994. The van der Waals surface area contributed by atoms with Crippen molar-refractivity contribution in [3.8, 4) is 0 Å². The average Bonchev–Trinajstić information content (AvgIpc) is 2.33. The summed E-state index contributed by atoms with van der Waals surface area (Å²) in [7, 11) is 0. The van der Waals surface area contributed by atoms with Crippen LogP contribution in [0.3, 0.4) is 0 Å². The van der Waals surface area contributed by atoms with Gasteiger partial charge < -0.3 is 21.3 Å². The van der Waals surface area contributed by atoms with Crippen LogP contribution in [0.15, 0.2) is 11.3 Å². The lowest BCUT2D eigenvalue weighted by Crippen LogP contribution is -2.68. The highest BCUT2D eigenvalue weighted by molar-refractivity contribution is 8.00. The van der Waals surface area contributed by atoms with Crippen molar-refractivity contribution in [3.05, 3.63) is 11.3 Å². The van der Waals surface area contributed by atoms with Gasteiger partial charge in [0.25, 0.3) is 0 Å². The zero-order valence-electron chi connectivity index (χ0n) is 9.16. The van der Waals surface area contributed by atoms with Crippen molar-refractivity contribution < 1.29 is 24.2 Å². The molecule has 1 unspecified atom stereocenters.